The number of hydrogen-bond acceptors (Lipinski definition) is 4. The van der Waals surface area contributed by atoms with Crippen molar-refractivity contribution in [2.75, 3.05) is 26.3 Å². The molecule has 0 unspecified atom stereocenters. The predicted molar refractivity (Wildman–Crippen MR) is 101 cm³/mol. The summed E-state index contributed by atoms with van der Waals surface area (Å²) < 4.78 is 25.2. The fraction of sp³-hybridized carbons (Fsp3) is 0.300. The Hall–Kier alpha value is -2.44. The van der Waals surface area contributed by atoms with Gasteiger partial charge in [0, 0.05) is 30.5 Å². The molecule has 1 aliphatic rings. The van der Waals surface area contributed by atoms with Gasteiger partial charge in [-0.1, -0.05) is 18.5 Å². The molecule has 3 aromatic rings. The van der Waals surface area contributed by atoms with E-state index in [1.807, 2.05) is 19.1 Å². The molecule has 3 heterocycles. The van der Waals surface area contributed by atoms with Crippen LogP contribution in [0.15, 0.2) is 34.7 Å². The second kappa shape index (κ2) is 7.29. The van der Waals surface area contributed by atoms with Crippen molar-refractivity contribution in [3.05, 3.63) is 52.6 Å². The number of hydrogen-bond donors (Lipinski definition) is 0. The van der Waals surface area contributed by atoms with Crippen LogP contribution in [0, 0.1) is 5.82 Å². The van der Waals surface area contributed by atoms with E-state index in [2.05, 4.69) is 4.98 Å². The molecule has 0 N–H and O–H groups in total. The maximum Gasteiger partial charge on any atom is 0.275 e. The summed E-state index contributed by atoms with van der Waals surface area (Å²) in [6.07, 6.45) is 0.757. The molecule has 1 aliphatic heterocycles. The molecule has 27 heavy (non-hydrogen) atoms. The molecular weight excluding hydrogens is 371 g/mol. The molecule has 1 saturated heterocycles. The predicted octanol–water partition coefficient (Wildman–Crippen LogP) is 4.32. The van der Waals surface area contributed by atoms with Gasteiger partial charge in [-0.15, -0.1) is 0 Å². The van der Waals surface area contributed by atoms with E-state index in [0.29, 0.717) is 48.2 Å². The van der Waals surface area contributed by atoms with Gasteiger partial charge < -0.3 is 14.1 Å². The molecule has 0 spiro atoms. The van der Waals surface area contributed by atoms with E-state index in [-0.39, 0.29) is 5.69 Å². The molecule has 5 nitrogen and oxygen atoms in total. The number of furan rings is 1. The van der Waals surface area contributed by atoms with Crippen molar-refractivity contribution in [3.8, 4) is 11.3 Å². The van der Waals surface area contributed by atoms with Gasteiger partial charge in [0.15, 0.2) is 17.1 Å². The van der Waals surface area contributed by atoms with Crippen LogP contribution >= 0.6 is 11.6 Å². The molecular formula is C20H18ClFN2O3. The average molecular weight is 389 g/mol. The zero-order valence-electron chi connectivity index (χ0n) is 14.8. The van der Waals surface area contributed by atoms with Crippen molar-refractivity contribution in [2.45, 2.75) is 13.3 Å². The summed E-state index contributed by atoms with van der Waals surface area (Å²) in [5, 5.41) is 1.30. The molecule has 0 aliphatic carbocycles. The number of halogens is 2. The number of benzene rings is 1. The lowest BCUT2D eigenvalue weighted by atomic mass is 10.1. The van der Waals surface area contributed by atoms with Gasteiger partial charge in [0.1, 0.15) is 5.76 Å². The number of rotatable bonds is 3. The van der Waals surface area contributed by atoms with Crippen molar-refractivity contribution in [1.82, 2.24) is 9.88 Å². The second-order valence-corrected chi connectivity index (χ2v) is 6.78. The van der Waals surface area contributed by atoms with Crippen LogP contribution in [-0.2, 0) is 11.2 Å². The topological polar surface area (TPSA) is 55.6 Å². The SMILES string of the molecule is CCc1cc2cc(-c3ccc(F)c(C(=O)N4CCOCC4)n3)cc(Cl)c2o1. The van der Waals surface area contributed by atoms with Gasteiger partial charge in [-0.3, -0.25) is 4.79 Å². The fourth-order valence-corrected chi connectivity index (χ4v) is 3.42. The van der Waals surface area contributed by atoms with Crippen molar-refractivity contribution in [3.63, 3.8) is 0 Å². The first-order valence-electron chi connectivity index (χ1n) is 8.82. The van der Waals surface area contributed by atoms with Gasteiger partial charge >= 0.3 is 0 Å². The molecule has 0 radical (unpaired) electrons. The number of nitrogens with zero attached hydrogens (tertiary/aromatic N) is 2. The smallest absolute Gasteiger partial charge is 0.275 e. The normalized spacial score (nSPS) is 14.7. The first-order valence-corrected chi connectivity index (χ1v) is 9.20. The number of aromatic nitrogens is 1. The average Bonchev–Trinajstić information content (AvgIpc) is 3.12. The fourth-order valence-electron chi connectivity index (χ4n) is 3.15. The Labute approximate surface area is 160 Å². The van der Waals surface area contributed by atoms with Crippen molar-refractivity contribution < 1.29 is 18.3 Å². The molecule has 4 rings (SSSR count). The molecule has 140 valence electrons. The van der Waals surface area contributed by atoms with E-state index >= 15 is 0 Å². The minimum absolute atomic E-state index is 0.188. The molecule has 0 bridgehead atoms. The van der Waals surface area contributed by atoms with Crippen molar-refractivity contribution in [2.24, 2.45) is 0 Å². The number of ether oxygens (including phenoxy) is 1. The lowest BCUT2D eigenvalue weighted by molar-refractivity contribution is 0.0296. The highest BCUT2D eigenvalue weighted by molar-refractivity contribution is 6.35. The minimum atomic E-state index is -0.640. The largest absolute Gasteiger partial charge is 0.460 e. The third-order valence-corrected chi connectivity index (χ3v) is 4.89. The highest BCUT2D eigenvalue weighted by Crippen LogP contribution is 2.32. The number of carbonyl (C=O) groups is 1. The van der Waals surface area contributed by atoms with E-state index in [0.717, 1.165) is 17.6 Å². The van der Waals surface area contributed by atoms with E-state index in [1.165, 1.54) is 6.07 Å². The van der Waals surface area contributed by atoms with Crippen molar-refractivity contribution >= 4 is 28.5 Å². The summed E-state index contributed by atoms with van der Waals surface area (Å²) in [6, 6.07) is 8.34. The van der Waals surface area contributed by atoms with Crippen LogP contribution in [0.1, 0.15) is 23.2 Å². The Morgan fingerprint density at radius 2 is 2.04 bits per heavy atom. The minimum Gasteiger partial charge on any atom is -0.460 e. The molecule has 0 atom stereocenters. The van der Waals surface area contributed by atoms with Gasteiger partial charge in [-0.05, 0) is 30.3 Å². The molecule has 1 aromatic carbocycles. The summed E-state index contributed by atoms with van der Waals surface area (Å²) in [4.78, 5) is 18.5. The third-order valence-electron chi connectivity index (χ3n) is 4.61. The summed E-state index contributed by atoms with van der Waals surface area (Å²) in [7, 11) is 0. The Bertz CT molecular complexity index is 1010. The number of morpholine rings is 1. The van der Waals surface area contributed by atoms with Crippen LogP contribution in [0.3, 0.4) is 0 Å². The number of pyridine rings is 1. The van der Waals surface area contributed by atoms with Crippen LogP contribution in [0.2, 0.25) is 5.02 Å². The van der Waals surface area contributed by atoms with Gasteiger partial charge in [0.05, 0.1) is 23.9 Å². The molecule has 2 aromatic heterocycles. The lowest BCUT2D eigenvalue weighted by Gasteiger charge is -2.26. The standard InChI is InChI=1S/C20H18ClFN2O3/c1-2-14-10-13-9-12(11-15(21)19(13)27-14)17-4-3-16(22)18(23-17)20(25)24-5-7-26-8-6-24/h3-4,9-11H,2,5-8H2,1H3. The monoisotopic (exact) mass is 388 g/mol. The van der Waals surface area contributed by atoms with Crippen LogP contribution < -0.4 is 0 Å². The molecule has 7 heteroatoms. The highest BCUT2D eigenvalue weighted by atomic mass is 35.5. The van der Waals surface area contributed by atoms with E-state index < -0.39 is 11.7 Å². The molecule has 1 amide bonds. The van der Waals surface area contributed by atoms with Crippen LogP contribution in [0.5, 0.6) is 0 Å². The van der Waals surface area contributed by atoms with E-state index in [9.17, 15) is 9.18 Å². The quantitative estimate of drug-likeness (QED) is 0.670. The Kier molecular flexibility index (Phi) is 4.85. The number of aryl methyl sites for hydroxylation is 1. The lowest BCUT2D eigenvalue weighted by Crippen LogP contribution is -2.41. The maximum absolute atomic E-state index is 14.3. The van der Waals surface area contributed by atoms with E-state index in [4.69, 9.17) is 20.8 Å². The van der Waals surface area contributed by atoms with Gasteiger partial charge in [0.25, 0.3) is 5.91 Å². The molecule has 1 fully saturated rings. The molecule has 0 saturated carbocycles. The third kappa shape index (κ3) is 3.42. The summed E-state index contributed by atoms with van der Waals surface area (Å²) in [5.41, 5.74) is 1.61. The first-order chi connectivity index (χ1) is 13.1. The van der Waals surface area contributed by atoms with E-state index in [1.54, 1.807) is 17.0 Å². The summed E-state index contributed by atoms with van der Waals surface area (Å²) in [5.74, 6) is -0.236. The van der Waals surface area contributed by atoms with Gasteiger partial charge in [0.2, 0.25) is 0 Å². The number of fused-ring (bicyclic) bond motifs is 1. The van der Waals surface area contributed by atoms with Crippen LogP contribution in [0.25, 0.3) is 22.2 Å². The number of carbonyl (C=O) groups excluding carboxylic acids is 1. The van der Waals surface area contributed by atoms with Gasteiger partial charge in [-0.2, -0.15) is 0 Å². The Morgan fingerprint density at radius 1 is 1.26 bits per heavy atom. The highest BCUT2D eigenvalue weighted by Gasteiger charge is 2.23. The van der Waals surface area contributed by atoms with Crippen LogP contribution in [-0.4, -0.2) is 42.1 Å². The first kappa shape index (κ1) is 17.9. The van der Waals surface area contributed by atoms with Gasteiger partial charge in [-0.25, -0.2) is 9.37 Å². The Balaban J connectivity index is 1.74. The summed E-state index contributed by atoms with van der Waals surface area (Å²) in [6.45, 7) is 3.74. The summed E-state index contributed by atoms with van der Waals surface area (Å²) >= 11 is 6.35. The Morgan fingerprint density at radius 3 is 2.78 bits per heavy atom. The second-order valence-electron chi connectivity index (χ2n) is 6.37. The zero-order chi connectivity index (χ0) is 19.0. The zero-order valence-corrected chi connectivity index (χ0v) is 15.6. The van der Waals surface area contributed by atoms with Crippen LogP contribution in [0.4, 0.5) is 4.39 Å². The number of amides is 1. The van der Waals surface area contributed by atoms with Crippen molar-refractivity contribution in [1.29, 1.82) is 0 Å². The maximum atomic E-state index is 14.3.